The van der Waals surface area contributed by atoms with Gasteiger partial charge in [0.25, 0.3) is 5.91 Å². The van der Waals surface area contributed by atoms with E-state index in [0.29, 0.717) is 28.0 Å². The van der Waals surface area contributed by atoms with Crippen molar-refractivity contribution in [2.24, 2.45) is 0 Å². The number of aryl methyl sites for hydroxylation is 1. The molecule has 5 aromatic rings. The van der Waals surface area contributed by atoms with Crippen LogP contribution in [0.2, 0.25) is 0 Å². The van der Waals surface area contributed by atoms with Crippen LogP contribution >= 0.6 is 11.8 Å². The summed E-state index contributed by atoms with van der Waals surface area (Å²) in [4.78, 5) is 38.9. The molecular formula is C30H23N3O5S. The van der Waals surface area contributed by atoms with Crippen molar-refractivity contribution in [2.45, 2.75) is 17.1 Å². The standard InChI is InChI=1S/C30H23N3O5S/c1-18-17-25(33-38-18)32-29(35)27(20-7-3-2-4-8-20)39-22-15-13-21(14-16-22)31-28(34)23-11-5-9-19-10-6-12-24(26(19)23)30(36)37/h2-17,27H,1H3,(H,31,34)(H,36,37)(H,32,33,35). The molecule has 4 aromatic carbocycles. The van der Waals surface area contributed by atoms with Gasteiger partial charge >= 0.3 is 5.97 Å². The maximum atomic E-state index is 13.2. The Morgan fingerprint density at radius 1 is 0.846 bits per heavy atom. The number of nitrogens with zero attached hydrogens (tertiary/aromatic N) is 1. The van der Waals surface area contributed by atoms with E-state index in [4.69, 9.17) is 4.52 Å². The van der Waals surface area contributed by atoms with E-state index in [1.165, 1.54) is 17.8 Å². The van der Waals surface area contributed by atoms with E-state index in [-0.39, 0.29) is 17.0 Å². The summed E-state index contributed by atoms with van der Waals surface area (Å²) >= 11 is 1.36. The van der Waals surface area contributed by atoms with E-state index in [9.17, 15) is 19.5 Å². The van der Waals surface area contributed by atoms with Crippen LogP contribution in [0.1, 0.15) is 37.3 Å². The van der Waals surface area contributed by atoms with Crippen molar-refractivity contribution < 1.29 is 24.0 Å². The Balaban J connectivity index is 1.35. The molecule has 0 aliphatic carbocycles. The van der Waals surface area contributed by atoms with Gasteiger partial charge in [0, 0.05) is 27.6 Å². The molecule has 0 saturated carbocycles. The fraction of sp³-hybridized carbons (Fsp3) is 0.0667. The lowest BCUT2D eigenvalue weighted by molar-refractivity contribution is -0.115. The topological polar surface area (TPSA) is 122 Å². The van der Waals surface area contributed by atoms with Gasteiger partial charge in [0.05, 0.1) is 5.56 Å². The van der Waals surface area contributed by atoms with Gasteiger partial charge in [-0.3, -0.25) is 9.59 Å². The van der Waals surface area contributed by atoms with Crippen molar-refractivity contribution >= 4 is 51.8 Å². The van der Waals surface area contributed by atoms with Gasteiger partial charge in [0.15, 0.2) is 5.82 Å². The number of thioether (sulfide) groups is 1. The fourth-order valence-electron chi connectivity index (χ4n) is 4.18. The van der Waals surface area contributed by atoms with Crippen molar-refractivity contribution in [1.82, 2.24) is 5.16 Å². The summed E-state index contributed by atoms with van der Waals surface area (Å²) in [5, 5.41) is 19.6. The van der Waals surface area contributed by atoms with Crippen molar-refractivity contribution in [2.75, 3.05) is 10.6 Å². The third kappa shape index (κ3) is 5.83. The molecule has 5 rings (SSSR count). The van der Waals surface area contributed by atoms with Crippen LogP contribution in [-0.2, 0) is 4.79 Å². The number of amides is 2. The lowest BCUT2D eigenvalue weighted by Crippen LogP contribution is -2.19. The minimum atomic E-state index is -1.10. The van der Waals surface area contributed by atoms with Gasteiger partial charge in [-0.2, -0.15) is 0 Å². The van der Waals surface area contributed by atoms with E-state index in [0.717, 1.165) is 10.5 Å². The highest BCUT2D eigenvalue weighted by Gasteiger charge is 2.23. The fourth-order valence-corrected chi connectivity index (χ4v) is 5.20. The van der Waals surface area contributed by atoms with Crippen molar-refractivity contribution in [3.05, 3.63) is 120 Å². The first kappa shape index (κ1) is 25.7. The lowest BCUT2D eigenvalue weighted by Gasteiger charge is -2.16. The van der Waals surface area contributed by atoms with Gasteiger partial charge in [-0.05, 0) is 54.3 Å². The molecule has 0 aliphatic rings. The van der Waals surface area contributed by atoms with Gasteiger partial charge in [0.1, 0.15) is 11.0 Å². The number of rotatable bonds is 8. The third-order valence-electron chi connectivity index (χ3n) is 5.97. The first-order chi connectivity index (χ1) is 18.9. The van der Waals surface area contributed by atoms with Gasteiger partial charge in [0.2, 0.25) is 5.91 Å². The van der Waals surface area contributed by atoms with Crippen LogP contribution in [0.4, 0.5) is 11.5 Å². The van der Waals surface area contributed by atoms with E-state index in [1.54, 1.807) is 55.5 Å². The quantitative estimate of drug-likeness (QED) is 0.192. The average Bonchev–Trinajstić information content (AvgIpc) is 3.36. The van der Waals surface area contributed by atoms with Crippen LogP contribution in [0.25, 0.3) is 10.8 Å². The molecule has 2 amide bonds. The number of aromatic carboxylic acids is 1. The molecule has 8 nitrogen and oxygen atoms in total. The SMILES string of the molecule is Cc1cc(NC(=O)C(Sc2ccc(NC(=O)c3cccc4cccc(C(=O)O)c34)cc2)c2ccccc2)no1. The molecule has 1 heterocycles. The van der Waals surface area contributed by atoms with Crippen LogP contribution in [0.3, 0.4) is 0 Å². The zero-order valence-electron chi connectivity index (χ0n) is 20.8. The van der Waals surface area contributed by atoms with Gasteiger partial charge in [-0.15, -0.1) is 11.8 Å². The maximum Gasteiger partial charge on any atom is 0.336 e. The average molecular weight is 538 g/mol. The number of hydrogen-bond donors (Lipinski definition) is 3. The molecule has 1 unspecified atom stereocenters. The summed E-state index contributed by atoms with van der Waals surface area (Å²) in [6, 6.07) is 28.2. The van der Waals surface area contributed by atoms with Crippen LogP contribution in [0, 0.1) is 6.92 Å². The zero-order valence-corrected chi connectivity index (χ0v) is 21.6. The molecule has 0 bridgehead atoms. The zero-order chi connectivity index (χ0) is 27.4. The molecule has 1 atom stereocenters. The summed E-state index contributed by atoms with van der Waals surface area (Å²) in [5.41, 5.74) is 1.69. The number of benzene rings is 4. The Labute approximate surface area is 228 Å². The van der Waals surface area contributed by atoms with Gasteiger partial charge < -0.3 is 20.3 Å². The van der Waals surface area contributed by atoms with E-state index >= 15 is 0 Å². The highest BCUT2D eigenvalue weighted by molar-refractivity contribution is 8.00. The largest absolute Gasteiger partial charge is 0.478 e. The molecule has 3 N–H and O–H groups in total. The van der Waals surface area contributed by atoms with Crippen LogP contribution in [-0.4, -0.2) is 28.0 Å². The Kier molecular flexibility index (Phi) is 7.42. The molecule has 0 saturated heterocycles. The van der Waals surface area contributed by atoms with E-state index in [2.05, 4.69) is 15.8 Å². The maximum absolute atomic E-state index is 13.2. The molecule has 0 aliphatic heterocycles. The van der Waals surface area contributed by atoms with Crippen molar-refractivity contribution in [3.8, 4) is 0 Å². The minimum Gasteiger partial charge on any atom is -0.478 e. The van der Waals surface area contributed by atoms with E-state index < -0.39 is 17.1 Å². The second-order valence-electron chi connectivity index (χ2n) is 8.71. The summed E-state index contributed by atoms with van der Waals surface area (Å²) < 4.78 is 5.05. The highest BCUT2D eigenvalue weighted by atomic mass is 32.2. The van der Waals surface area contributed by atoms with Gasteiger partial charge in [-0.1, -0.05) is 59.8 Å². The molecular weight excluding hydrogens is 514 g/mol. The number of hydrogen-bond acceptors (Lipinski definition) is 6. The normalized spacial score (nSPS) is 11.6. The Morgan fingerprint density at radius 3 is 2.18 bits per heavy atom. The molecule has 194 valence electrons. The second-order valence-corrected chi connectivity index (χ2v) is 9.89. The number of carboxylic acid groups (broad SMARTS) is 1. The van der Waals surface area contributed by atoms with Crippen LogP contribution in [0.15, 0.2) is 106 Å². The second kappa shape index (κ2) is 11.2. The number of aromatic nitrogens is 1. The number of anilines is 2. The molecule has 0 spiro atoms. The van der Waals surface area contributed by atoms with E-state index in [1.807, 2.05) is 42.5 Å². The summed E-state index contributed by atoms with van der Waals surface area (Å²) in [6.45, 7) is 1.75. The number of carbonyl (C=O) groups is 3. The number of nitrogens with one attached hydrogen (secondary N) is 2. The summed E-state index contributed by atoms with van der Waals surface area (Å²) in [6.07, 6.45) is 0. The highest BCUT2D eigenvalue weighted by Crippen LogP contribution is 2.37. The van der Waals surface area contributed by atoms with Crippen molar-refractivity contribution in [3.63, 3.8) is 0 Å². The number of carboxylic acids is 1. The Bertz CT molecular complexity index is 1660. The summed E-state index contributed by atoms with van der Waals surface area (Å²) in [5.74, 6) is -0.828. The molecule has 0 radical (unpaired) electrons. The smallest absolute Gasteiger partial charge is 0.336 e. The number of fused-ring (bicyclic) bond motifs is 1. The third-order valence-corrected chi connectivity index (χ3v) is 7.23. The number of carbonyl (C=O) groups excluding carboxylic acids is 2. The van der Waals surface area contributed by atoms with Crippen molar-refractivity contribution in [1.29, 1.82) is 0 Å². The predicted octanol–water partition coefficient (Wildman–Crippen LogP) is 6.56. The molecule has 9 heteroatoms. The monoisotopic (exact) mass is 537 g/mol. The van der Waals surface area contributed by atoms with Gasteiger partial charge in [-0.25, -0.2) is 4.79 Å². The van der Waals surface area contributed by atoms with Crippen LogP contribution in [0.5, 0.6) is 0 Å². The Morgan fingerprint density at radius 2 is 1.54 bits per heavy atom. The predicted molar refractivity (Wildman–Crippen MR) is 150 cm³/mol. The minimum absolute atomic E-state index is 0.0657. The molecule has 39 heavy (non-hydrogen) atoms. The molecule has 1 aromatic heterocycles. The summed E-state index contributed by atoms with van der Waals surface area (Å²) in [7, 11) is 0. The Hall–Kier alpha value is -4.89. The molecule has 0 fully saturated rings. The van der Waals surface area contributed by atoms with Crippen LogP contribution < -0.4 is 10.6 Å². The first-order valence-electron chi connectivity index (χ1n) is 12.0. The lowest BCUT2D eigenvalue weighted by atomic mass is 9.98. The first-order valence-corrected chi connectivity index (χ1v) is 12.9.